The van der Waals surface area contributed by atoms with Gasteiger partial charge in [-0.25, -0.2) is 4.79 Å². The van der Waals surface area contributed by atoms with E-state index in [1.54, 1.807) is 31.3 Å². The zero-order valence-corrected chi connectivity index (χ0v) is 13.5. The summed E-state index contributed by atoms with van der Waals surface area (Å²) in [6.07, 6.45) is 0. The van der Waals surface area contributed by atoms with Crippen LogP contribution in [0.25, 0.3) is 0 Å². The number of nitrogens with one attached hydrogen (secondary N) is 3. The predicted octanol–water partition coefficient (Wildman–Crippen LogP) is 3.35. The molecule has 0 atom stereocenters. The largest absolute Gasteiger partial charge is 0.341 e. The van der Waals surface area contributed by atoms with Gasteiger partial charge >= 0.3 is 6.03 Å². The Kier molecular flexibility index (Phi) is 5.01. The maximum atomic E-state index is 12.6. The molecular formula is C18H21N3O2. The number of rotatable bonds is 4. The number of urea groups is 1. The Morgan fingerprint density at radius 1 is 0.870 bits per heavy atom. The average Bonchev–Trinajstić information content (AvgIpc) is 2.55. The van der Waals surface area contributed by atoms with Crippen molar-refractivity contribution < 1.29 is 9.59 Å². The van der Waals surface area contributed by atoms with Crippen molar-refractivity contribution in [2.45, 2.75) is 19.3 Å². The number of hydrogen-bond acceptors (Lipinski definition) is 2. The molecule has 2 aromatic carbocycles. The van der Waals surface area contributed by atoms with Crippen LogP contribution in [0.15, 0.2) is 54.6 Å². The molecule has 3 amide bonds. The quantitative estimate of drug-likeness (QED) is 0.810. The Hall–Kier alpha value is -2.82. The van der Waals surface area contributed by atoms with Crippen molar-refractivity contribution in [3.05, 3.63) is 60.2 Å². The van der Waals surface area contributed by atoms with Crippen molar-refractivity contribution >= 4 is 23.3 Å². The molecule has 0 saturated heterocycles. The molecule has 0 aliphatic carbocycles. The summed E-state index contributed by atoms with van der Waals surface area (Å²) in [6.45, 7) is 3.76. The minimum absolute atomic E-state index is 0.110. The number of anilines is 2. The molecule has 0 aliphatic rings. The molecule has 5 nitrogen and oxygen atoms in total. The van der Waals surface area contributed by atoms with Gasteiger partial charge in [0, 0.05) is 18.4 Å². The lowest BCUT2D eigenvalue weighted by molar-refractivity contribution is -0.120. The first kappa shape index (κ1) is 16.5. The van der Waals surface area contributed by atoms with Gasteiger partial charge in [0.2, 0.25) is 5.91 Å². The van der Waals surface area contributed by atoms with E-state index in [-0.39, 0.29) is 11.9 Å². The number of carbonyl (C=O) groups excluding carboxylic acids is 2. The van der Waals surface area contributed by atoms with E-state index in [2.05, 4.69) is 16.0 Å². The predicted molar refractivity (Wildman–Crippen MR) is 92.6 cm³/mol. The zero-order chi connectivity index (χ0) is 16.9. The molecule has 0 spiro atoms. The van der Waals surface area contributed by atoms with Crippen molar-refractivity contribution in [3.8, 4) is 0 Å². The smallest absolute Gasteiger partial charge is 0.318 e. The van der Waals surface area contributed by atoms with Crippen molar-refractivity contribution in [1.29, 1.82) is 0 Å². The van der Waals surface area contributed by atoms with Gasteiger partial charge in [-0.2, -0.15) is 0 Å². The molecular weight excluding hydrogens is 290 g/mol. The molecule has 0 heterocycles. The van der Waals surface area contributed by atoms with E-state index in [0.29, 0.717) is 11.4 Å². The highest BCUT2D eigenvalue weighted by Gasteiger charge is 2.29. The molecule has 3 N–H and O–H groups in total. The van der Waals surface area contributed by atoms with Crippen LogP contribution in [0.1, 0.15) is 19.4 Å². The molecule has 0 unspecified atom stereocenters. The summed E-state index contributed by atoms with van der Waals surface area (Å²) in [7, 11) is 1.54. The third-order valence-electron chi connectivity index (χ3n) is 3.67. The van der Waals surface area contributed by atoms with Crippen LogP contribution in [0.2, 0.25) is 0 Å². The summed E-state index contributed by atoms with van der Waals surface area (Å²) >= 11 is 0. The molecule has 5 heteroatoms. The Balaban J connectivity index is 2.14. The van der Waals surface area contributed by atoms with E-state index in [0.717, 1.165) is 5.56 Å². The van der Waals surface area contributed by atoms with Crippen LogP contribution in [0.3, 0.4) is 0 Å². The van der Waals surface area contributed by atoms with Gasteiger partial charge < -0.3 is 16.0 Å². The molecule has 2 aromatic rings. The fourth-order valence-corrected chi connectivity index (χ4v) is 2.14. The Morgan fingerprint density at radius 3 is 2.09 bits per heavy atom. The summed E-state index contributed by atoms with van der Waals surface area (Å²) in [4.78, 5) is 24.0. The first-order chi connectivity index (χ1) is 10.9. The standard InChI is InChI=1S/C18H21N3O2/c1-18(2,13-8-5-4-6-9-13)16(22)20-14-10-7-11-15(12-14)21-17(23)19-3/h4-12H,1-3H3,(H,20,22)(H2,19,21,23). The Morgan fingerprint density at radius 2 is 1.48 bits per heavy atom. The van der Waals surface area contributed by atoms with E-state index in [1.165, 1.54) is 0 Å². The second-order valence-corrected chi connectivity index (χ2v) is 5.73. The summed E-state index contributed by atoms with van der Waals surface area (Å²) in [6, 6.07) is 16.3. The summed E-state index contributed by atoms with van der Waals surface area (Å²) < 4.78 is 0. The highest BCUT2D eigenvalue weighted by atomic mass is 16.2. The van der Waals surface area contributed by atoms with Crippen LogP contribution in [-0.2, 0) is 10.2 Å². The Bertz CT molecular complexity index is 696. The maximum absolute atomic E-state index is 12.6. The van der Waals surface area contributed by atoms with Gasteiger partial charge in [-0.05, 0) is 37.6 Å². The number of carbonyl (C=O) groups is 2. The van der Waals surface area contributed by atoms with Crippen LogP contribution in [0, 0.1) is 0 Å². The first-order valence-electron chi connectivity index (χ1n) is 7.39. The van der Waals surface area contributed by atoms with Crippen LogP contribution >= 0.6 is 0 Å². The molecule has 0 radical (unpaired) electrons. The fraction of sp³-hybridized carbons (Fsp3) is 0.222. The summed E-state index contributed by atoms with van der Waals surface area (Å²) in [5.41, 5.74) is 1.52. The average molecular weight is 311 g/mol. The lowest BCUT2D eigenvalue weighted by atomic mass is 9.83. The SMILES string of the molecule is CNC(=O)Nc1cccc(NC(=O)C(C)(C)c2ccccc2)c1. The molecule has 2 rings (SSSR count). The minimum atomic E-state index is -0.661. The lowest BCUT2D eigenvalue weighted by Crippen LogP contribution is -2.34. The van der Waals surface area contributed by atoms with Crippen molar-refractivity contribution in [2.75, 3.05) is 17.7 Å². The summed E-state index contributed by atoms with van der Waals surface area (Å²) in [5, 5.41) is 8.06. The molecule has 0 saturated carbocycles. The molecule has 0 aromatic heterocycles. The van der Waals surface area contributed by atoms with Crippen LogP contribution < -0.4 is 16.0 Å². The second kappa shape index (κ2) is 6.96. The van der Waals surface area contributed by atoms with Crippen LogP contribution in [0.4, 0.5) is 16.2 Å². The highest BCUT2D eigenvalue weighted by molar-refractivity contribution is 5.99. The van der Waals surface area contributed by atoms with Gasteiger partial charge in [0.1, 0.15) is 0 Å². The van der Waals surface area contributed by atoms with Gasteiger partial charge in [0.25, 0.3) is 0 Å². The fourth-order valence-electron chi connectivity index (χ4n) is 2.14. The van der Waals surface area contributed by atoms with Gasteiger partial charge in [-0.3, -0.25) is 4.79 Å². The summed E-state index contributed by atoms with van der Waals surface area (Å²) in [5.74, 6) is -0.110. The monoisotopic (exact) mass is 311 g/mol. The van der Waals surface area contributed by atoms with Crippen LogP contribution in [0.5, 0.6) is 0 Å². The Labute approximate surface area is 136 Å². The zero-order valence-electron chi connectivity index (χ0n) is 13.5. The first-order valence-corrected chi connectivity index (χ1v) is 7.39. The van der Waals surface area contributed by atoms with Gasteiger partial charge in [-0.1, -0.05) is 36.4 Å². The third-order valence-corrected chi connectivity index (χ3v) is 3.67. The molecule has 23 heavy (non-hydrogen) atoms. The van der Waals surface area contributed by atoms with E-state index >= 15 is 0 Å². The second-order valence-electron chi connectivity index (χ2n) is 5.73. The maximum Gasteiger partial charge on any atom is 0.318 e. The number of amides is 3. The van der Waals surface area contributed by atoms with E-state index in [4.69, 9.17) is 0 Å². The van der Waals surface area contributed by atoms with Gasteiger partial charge in [-0.15, -0.1) is 0 Å². The molecule has 0 fully saturated rings. The highest BCUT2D eigenvalue weighted by Crippen LogP contribution is 2.25. The van der Waals surface area contributed by atoms with Gasteiger partial charge in [0.15, 0.2) is 0 Å². The van der Waals surface area contributed by atoms with E-state index in [9.17, 15) is 9.59 Å². The van der Waals surface area contributed by atoms with E-state index in [1.807, 2.05) is 44.2 Å². The third kappa shape index (κ3) is 4.10. The number of hydrogen-bond donors (Lipinski definition) is 3. The molecule has 0 bridgehead atoms. The molecule has 0 aliphatic heterocycles. The lowest BCUT2D eigenvalue weighted by Gasteiger charge is -2.24. The topological polar surface area (TPSA) is 70.2 Å². The minimum Gasteiger partial charge on any atom is -0.341 e. The van der Waals surface area contributed by atoms with Crippen molar-refractivity contribution in [2.24, 2.45) is 0 Å². The van der Waals surface area contributed by atoms with Crippen molar-refractivity contribution in [1.82, 2.24) is 5.32 Å². The normalized spacial score (nSPS) is 10.7. The van der Waals surface area contributed by atoms with Crippen LogP contribution in [-0.4, -0.2) is 19.0 Å². The van der Waals surface area contributed by atoms with Gasteiger partial charge in [0.05, 0.1) is 5.41 Å². The number of benzene rings is 2. The molecule has 120 valence electrons. The van der Waals surface area contributed by atoms with Crippen molar-refractivity contribution in [3.63, 3.8) is 0 Å². The van der Waals surface area contributed by atoms with E-state index < -0.39 is 5.41 Å².